The lowest BCUT2D eigenvalue weighted by atomic mass is 10.0. The first-order valence-electron chi connectivity index (χ1n) is 6.10. The summed E-state index contributed by atoms with van der Waals surface area (Å²) in [5.74, 6) is 0.181. The van der Waals surface area contributed by atoms with Crippen molar-refractivity contribution in [3.63, 3.8) is 0 Å². The highest BCUT2D eigenvalue weighted by atomic mass is 16.5. The van der Waals surface area contributed by atoms with E-state index in [-0.39, 0.29) is 11.4 Å². The average Bonchev–Trinajstić information content (AvgIpc) is 2.53. The Kier molecular flexibility index (Phi) is 4.27. The van der Waals surface area contributed by atoms with Crippen molar-refractivity contribution in [3.05, 3.63) is 36.0 Å². The summed E-state index contributed by atoms with van der Waals surface area (Å²) in [6.45, 7) is 0. The molecule has 0 amide bonds. The van der Waals surface area contributed by atoms with Crippen LogP contribution in [-0.2, 0) is 0 Å². The predicted molar refractivity (Wildman–Crippen MR) is 76.3 cm³/mol. The fraction of sp³-hybridized carbons (Fsp3) is 0.200. The largest absolute Gasteiger partial charge is 0.497 e. The molecular formula is C15H15NO5. The van der Waals surface area contributed by atoms with Gasteiger partial charge >= 0.3 is 5.97 Å². The van der Waals surface area contributed by atoms with Crippen molar-refractivity contribution in [3.8, 4) is 28.5 Å². The maximum atomic E-state index is 11.2. The lowest BCUT2D eigenvalue weighted by Crippen LogP contribution is -2.03. The molecule has 0 aliphatic heterocycles. The number of hydrogen-bond acceptors (Lipinski definition) is 5. The normalized spacial score (nSPS) is 10.0. The molecular weight excluding hydrogens is 274 g/mol. The molecule has 0 atom stereocenters. The van der Waals surface area contributed by atoms with Gasteiger partial charge in [0, 0.05) is 23.4 Å². The highest BCUT2D eigenvalue weighted by Crippen LogP contribution is 2.34. The number of ether oxygens (including phenoxy) is 3. The van der Waals surface area contributed by atoms with Crippen molar-refractivity contribution in [2.45, 2.75) is 0 Å². The maximum Gasteiger partial charge on any atom is 0.341 e. The van der Waals surface area contributed by atoms with Crippen LogP contribution in [0, 0.1) is 0 Å². The summed E-state index contributed by atoms with van der Waals surface area (Å²) in [5, 5.41) is 9.21. The van der Waals surface area contributed by atoms with Gasteiger partial charge in [-0.3, -0.25) is 0 Å². The molecule has 1 heterocycles. The van der Waals surface area contributed by atoms with Crippen molar-refractivity contribution in [2.24, 2.45) is 0 Å². The SMILES string of the molecule is COc1ccc(-c2cnc(OC)c(C(=O)O)c2)c(OC)c1. The third-order valence-corrected chi connectivity index (χ3v) is 2.99. The summed E-state index contributed by atoms with van der Waals surface area (Å²) in [4.78, 5) is 15.3. The minimum Gasteiger partial charge on any atom is -0.497 e. The standard InChI is InChI=1S/C15H15NO5/c1-19-10-4-5-11(13(7-10)20-2)9-6-12(15(17)18)14(21-3)16-8-9/h4-8H,1-3H3,(H,17,18). The van der Waals surface area contributed by atoms with Crippen LogP contribution in [0.5, 0.6) is 17.4 Å². The van der Waals surface area contributed by atoms with Gasteiger partial charge < -0.3 is 19.3 Å². The molecule has 6 nitrogen and oxygen atoms in total. The van der Waals surface area contributed by atoms with Gasteiger partial charge in [-0.15, -0.1) is 0 Å². The van der Waals surface area contributed by atoms with E-state index in [2.05, 4.69) is 4.98 Å². The molecule has 0 aliphatic rings. The van der Waals surface area contributed by atoms with E-state index < -0.39 is 5.97 Å². The second-order valence-corrected chi connectivity index (χ2v) is 4.15. The van der Waals surface area contributed by atoms with Crippen LogP contribution >= 0.6 is 0 Å². The molecule has 6 heteroatoms. The van der Waals surface area contributed by atoms with Gasteiger partial charge in [0.15, 0.2) is 0 Å². The molecule has 0 unspecified atom stereocenters. The molecule has 0 radical (unpaired) electrons. The molecule has 110 valence electrons. The first-order chi connectivity index (χ1) is 10.1. The quantitative estimate of drug-likeness (QED) is 0.911. The second-order valence-electron chi connectivity index (χ2n) is 4.15. The first-order valence-corrected chi connectivity index (χ1v) is 6.10. The van der Waals surface area contributed by atoms with Crippen LogP contribution in [0.1, 0.15) is 10.4 Å². The summed E-state index contributed by atoms with van der Waals surface area (Å²) >= 11 is 0. The molecule has 2 rings (SSSR count). The minimum atomic E-state index is -1.10. The number of benzene rings is 1. The van der Waals surface area contributed by atoms with Crippen LogP contribution in [0.25, 0.3) is 11.1 Å². The molecule has 1 aromatic heterocycles. The van der Waals surface area contributed by atoms with Crippen LogP contribution in [0.3, 0.4) is 0 Å². The molecule has 1 N–H and O–H groups in total. The van der Waals surface area contributed by atoms with Gasteiger partial charge in [0.1, 0.15) is 17.1 Å². The molecule has 0 bridgehead atoms. The van der Waals surface area contributed by atoms with Crippen LogP contribution in [0.4, 0.5) is 0 Å². The molecule has 0 aliphatic carbocycles. The lowest BCUT2D eigenvalue weighted by molar-refractivity contribution is 0.0692. The summed E-state index contributed by atoms with van der Waals surface area (Å²) in [6.07, 6.45) is 1.54. The lowest BCUT2D eigenvalue weighted by Gasteiger charge is -2.11. The summed E-state index contributed by atoms with van der Waals surface area (Å²) in [6, 6.07) is 6.77. The number of pyridine rings is 1. The second kappa shape index (κ2) is 6.13. The zero-order valence-electron chi connectivity index (χ0n) is 11.9. The third kappa shape index (κ3) is 2.89. The monoisotopic (exact) mass is 289 g/mol. The zero-order valence-corrected chi connectivity index (χ0v) is 11.9. The summed E-state index contributed by atoms with van der Waals surface area (Å²) in [5.41, 5.74) is 1.33. The Morgan fingerprint density at radius 3 is 2.43 bits per heavy atom. The van der Waals surface area contributed by atoms with Crippen molar-refractivity contribution in [1.29, 1.82) is 0 Å². The Bertz CT molecular complexity index is 669. The minimum absolute atomic E-state index is 0.00660. The Morgan fingerprint density at radius 2 is 1.86 bits per heavy atom. The van der Waals surface area contributed by atoms with Crippen LogP contribution in [0.2, 0.25) is 0 Å². The molecule has 0 saturated heterocycles. The van der Waals surface area contributed by atoms with E-state index in [1.54, 1.807) is 25.3 Å². The maximum absolute atomic E-state index is 11.2. The van der Waals surface area contributed by atoms with E-state index in [4.69, 9.17) is 14.2 Å². The van der Waals surface area contributed by atoms with E-state index in [1.165, 1.54) is 26.5 Å². The van der Waals surface area contributed by atoms with Gasteiger partial charge in [-0.1, -0.05) is 0 Å². The fourth-order valence-electron chi connectivity index (χ4n) is 1.95. The van der Waals surface area contributed by atoms with Gasteiger partial charge in [0.2, 0.25) is 5.88 Å². The van der Waals surface area contributed by atoms with Gasteiger partial charge in [0.05, 0.1) is 21.3 Å². The van der Waals surface area contributed by atoms with Gasteiger partial charge in [-0.05, 0) is 18.2 Å². The number of carboxylic acids is 1. The Hall–Kier alpha value is -2.76. The number of aromatic carboxylic acids is 1. The molecule has 1 aromatic carbocycles. The number of hydrogen-bond donors (Lipinski definition) is 1. The number of rotatable bonds is 5. The zero-order chi connectivity index (χ0) is 15.4. The highest BCUT2D eigenvalue weighted by molar-refractivity contribution is 5.92. The predicted octanol–water partition coefficient (Wildman–Crippen LogP) is 2.47. The molecule has 0 spiro atoms. The number of carboxylic acid groups (broad SMARTS) is 1. The van der Waals surface area contributed by atoms with E-state index in [9.17, 15) is 9.90 Å². The molecule has 21 heavy (non-hydrogen) atoms. The van der Waals surface area contributed by atoms with Crippen molar-refractivity contribution < 1.29 is 24.1 Å². The van der Waals surface area contributed by atoms with Crippen molar-refractivity contribution in [1.82, 2.24) is 4.98 Å². The smallest absolute Gasteiger partial charge is 0.341 e. The number of carbonyl (C=O) groups is 1. The molecule has 0 saturated carbocycles. The van der Waals surface area contributed by atoms with Crippen molar-refractivity contribution in [2.75, 3.05) is 21.3 Å². The van der Waals surface area contributed by atoms with Gasteiger partial charge in [-0.2, -0.15) is 0 Å². The Balaban J connectivity index is 2.56. The van der Waals surface area contributed by atoms with Gasteiger partial charge in [-0.25, -0.2) is 9.78 Å². The average molecular weight is 289 g/mol. The Labute approximate surface area is 121 Å². The summed E-state index contributed by atoms with van der Waals surface area (Å²) < 4.78 is 15.4. The molecule has 2 aromatic rings. The number of nitrogens with zero attached hydrogens (tertiary/aromatic N) is 1. The summed E-state index contributed by atoms with van der Waals surface area (Å²) in [7, 11) is 4.47. The van der Waals surface area contributed by atoms with E-state index >= 15 is 0 Å². The third-order valence-electron chi connectivity index (χ3n) is 2.99. The van der Waals surface area contributed by atoms with E-state index in [1.807, 2.05) is 0 Å². The topological polar surface area (TPSA) is 77.9 Å². The van der Waals surface area contributed by atoms with Crippen molar-refractivity contribution >= 4 is 5.97 Å². The number of methoxy groups -OCH3 is 3. The van der Waals surface area contributed by atoms with E-state index in [0.29, 0.717) is 17.1 Å². The van der Waals surface area contributed by atoms with Gasteiger partial charge in [0.25, 0.3) is 0 Å². The number of aromatic nitrogens is 1. The molecule has 0 fully saturated rings. The Morgan fingerprint density at radius 1 is 1.10 bits per heavy atom. The van der Waals surface area contributed by atoms with Crippen LogP contribution < -0.4 is 14.2 Å². The fourth-order valence-corrected chi connectivity index (χ4v) is 1.95. The highest BCUT2D eigenvalue weighted by Gasteiger charge is 2.16. The van der Waals surface area contributed by atoms with Crippen LogP contribution in [0.15, 0.2) is 30.5 Å². The van der Waals surface area contributed by atoms with Crippen LogP contribution in [-0.4, -0.2) is 37.4 Å². The first kappa shape index (κ1) is 14.6. The van der Waals surface area contributed by atoms with E-state index in [0.717, 1.165) is 5.56 Å².